The highest BCUT2D eigenvalue weighted by Crippen LogP contribution is 2.27. The average molecular weight is 302 g/mol. The Labute approximate surface area is 120 Å². The Hall–Kier alpha value is -1.31. The third-order valence-corrected chi connectivity index (χ3v) is 3.86. The fourth-order valence-electron chi connectivity index (χ4n) is 1.65. The minimum Gasteiger partial charge on any atom is -0.493 e. The molecule has 7 heteroatoms. The molecule has 1 rings (SSSR count). The van der Waals surface area contributed by atoms with Crippen molar-refractivity contribution in [3.8, 4) is 11.5 Å². The second kappa shape index (κ2) is 8.08. The highest BCUT2D eigenvalue weighted by atomic mass is 32.2. The lowest BCUT2D eigenvalue weighted by Gasteiger charge is -2.10. The average Bonchev–Trinajstić information content (AvgIpc) is 2.44. The van der Waals surface area contributed by atoms with Gasteiger partial charge in [-0.2, -0.15) is 8.42 Å². The summed E-state index contributed by atoms with van der Waals surface area (Å²) in [5.74, 6) is 1.29. The normalized spacial score (nSPS) is 11.3. The number of hydrogen-bond acceptors (Lipinski definition) is 4. The molecule has 2 N–H and O–H groups in total. The van der Waals surface area contributed by atoms with Gasteiger partial charge in [0.15, 0.2) is 11.5 Å². The summed E-state index contributed by atoms with van der Waals surface area (Å²) < 4.78 is 38.4. The zero-order valence-corrected chi connectivity index (χ0v) is 12.9. The van der Waals surface area contributed by atoms with Gasteiger partial charge in [-0.25, -0.2) is 9.44 Å². The van der Waals surface area contributed by atoms with Crippen LogP contribution in [0.5, 0.6) is 11.5 Å². The number of methoxy groups -OCH3 is 2. The Morgan fingerprint density at radius 1 is 1.05 bits per heavy atom. The molecule has 0 aliphatic carbocycles. The summed E-state index contributed by atoms with van der Waals surface area (Å²) in [5.41, 5.74) is 0.973. The summed E-state index contributed by atoms with van der Waals surface area (Å²) in [7, 11) is -0.255. The molecule has 0 saturated heterocycles. The molecular formula is C13H22N2O4S. The van der Waals surface area contributed by atoms with E-state index in [1.807, 2.05) is 19.1 Å². The minimum atomic E-state index is -3.40. The lowest BCUT2D eigenvalue weighted by molar-refractivity contribution is 0.354. The molecule has 0 aliphatic heterocycles. The molecule has 0 saturated carbocycles. The van der Waals surface area contributed by atoms with Gasteiger partial charge in [-0.3, -0.25) is 0 Å². The van der Waals surface area contributed by atoms with Gasteiger partial charge < -0.3 is 9.47 Å². The van der Waals surface area contributed by atoms with Crippen molar-refractivity contribution < 1.29 is 17.9 Å². The van der Waals surface area contributed by atoms with Crippen molar-refractivity contribution in [1.82, 2.24) is 9.44 Å². The topological polar surface area (TPSA) is 76.7 Å². The Balaban J connectivity index is 2.54. The predicted octanol–water partition coefficient (Wildman–Crippen LogP) is 1.08. The second-order valence-electron chi connectivity index (χ2n) is 4.23. The summed E-state index contributed by atoms with van der Waals surface area (Å²) in [6.07, 6.45) is 1.34. The van der Waals surface area contributed by atoms with Crippen molar-refractivity contribution in [1.29, 1.82) is 0 Å². The second-order valence-corrected chi connectivity index (χ2v) is 5.82. The van der Waals surface area contributed by atoms with E-state index in [0.29, 0.717) is 31.0 Å². The molecule has 6 nitrogen and oxygen atoms in total. The fraction of sp³-hybridized carbons (Fsp3) is 0.538. The van der Waals surface area contributed by atoms with Gasteiger partial charge in [-0.1, -0.05) is 13.0 Å². The summed E-state index contributed by atoms with van der Waals surface area (Å²) in [4.78, 5) is 0. The number of hydrogen-bond donors (Lipinski definition) is 2. The van der Waals surface area contributed by atoms with E-state index in [1.54, 1.807) is 20.3 Å². The van der Waals surface area contributed by atoms with Crippen molar-refractivity contribution in [3.63, 3.8) is 0 Å². The van der Waals surface area contributed by atoms with Crippen LogP contribution >= 0.6 is 0 Å². The van der Waals surface area contributed by atoms with E-state index in [0.717, 1.165) is 12.0 Å². The summed E-state index contributed by atoms with van der Waals surface area (Å²) >= 11 is 0. The van der Waals surface area contributed by atoms with Gasteiger partial charge >= 0.3 is 0 Å². The quantitative estimate of drug-likeness (QED) is 0.715. The van der Waals surface area contributed by atoms with Crippen LogP contribution in [0, 0.1) is 0 Å². The fourth-order valence-corrected chi connectivity index (χ4v) is 2.60. The third-order valence-electron chi connectivity index (χ3n) is 2.70. The predicted molar refractivity (Wildman–Crippen MR) is 78.5 cm³/mol. The maximum atomic E-state index is 11.5. The molecule has 0 aliphatic rings. The highest BCUT2D eigenvalue weighted by Gasteiger charge is 2.08. The Morgan fingerprint density at radius 3 is 2.30 bits per heavy atom. The molecule has 0 unspecified atom stereocenters. The molecule has 114 valence electrons. The summed E-state index contributed by atoms with van der Waals surface area (Å²) in [6, 6.07) is 5.53. The molecule has 1 aromatic rings. The van der Waals surface area contributed by atoms with Crippen molar-refractivity contribution in [3.05, 3.63) is 23.8 Å². The van der Waals surface area contributed by atoms with Crippen LogP contribution in [-0.2, 0) is 16.6 Å². The first-order chi connectivity index (χ1) is 9.52. The molecule has 0 spiro atoms. The van der Waals surface area contributed by atoms with Gasteiger partial charge in [-0.15, -0.1) is 0 Å². The standard InChI is InChI=1S/C13H22N2O4S/c1-4-8-14-20(16,17)15-9-7-11-5-6-12(18-2)13(10-11)19-3/h5-6,10,14-15H,4,7-9H2,1-3H3. The van der Waals surface area contributed by atoms with Gasteiger partial charge in [-0.05, 0) is 30.5 Å². The van der Waals surface area contributed by atoms with E-state index in [1.165, 1.54) is 0 Å². The maximum Gasteiger partial charge on any atom is 0.276 e. The SMILES string of the molecule is CCCNS(=O)(=O)NCCc1ccc(OC)c(OC)c1. The van der Waals surface area contributed by atoms with Crippen molar-refractivity contribution in [2.24, 2.45) is 0 Å². The molecule has 0 bridgehead atoms. The molecular weight excluding hydrogens is 280 g/mol. The van der Waals surface area contributed by atoms with E-state index < -0.39 is 10.2 Å². The summed E-state index contributed by atoms with van der Waals surface area (Å²) in [6.45, 7) is 2.67. The third kappa shape index (κ3) is 5.36. The lowest BCUT2D eigenvalue weighted by Crippen LogP contribution is -2.37. The van der Waals surface area contributed by atoms with E-state index >= 15 is 0 Å². The van der Waals surface area contributed by atoms with Crippen LogP contribution in [0.4, 0.5) is 0 Å². The Kier molecular flexibility index (Phi) is 6.77. The zero-order chi connectivity index (χ0) is 15.0. The largest absolute Gasteiger partial charge is 0.493 e. The van der Waals surface area contributed by atoms with Crippen LogP contribution in [0.2, 0.25) is 0 Å². The van der Waals surface area contributed by atoms with Crippen LogP contribution in [0.1, 0.15) is 18.9 Å². The van der Waals surface area contributed by atoms with Gasteiger partial charge in [0.25, 0.3) is 10.2 Å². The Morgan fingerprint density at radius 2 is 1.70 bits per heavy atom. The lowest BCUT2D eigenvalue weighted by atomic mass is 10.1. The first-order valence-electron chi connectivity index (χ1n) is 6.47. The van der Waals surface area contributed by atoms with Crippen LogP contribution in [0.3, 0.4) is 0 Å². The highest BCUT2D eigenvalue weighted by molar-refractivity contribution is 7.87. The Bertz CT molecular complexity index is 517. The number of benzene rings is 1. The molecule has 0 heterocycles. The molecule has 1 aromatic carbocycles. The van der Waals surface area contributed by atoms with Crippen molar-refractivity contribution >= 4 is 10.2 Å². The van der Waals surface area contributed by atoms with Crippen molar-refractivity contribution in [2.75, 3.05) is 27.3 Å². The summed E-state index contributed by atoms with van der Waals surface area (Å²) in [5, 5.41) is 0. The van der Waals surface area contributed by atoms with Gasteiger partial charge in [0, 0.05) is 13.1 Å². The molecule has 20 heavy (non-hydrogen) atoms. The van der Waals surface area contributed by atoms with E-state index in [9.17, 15) is 8.42 Å². The molecule has 0 aromatic heterocycles. The first-order valence-corrected chi connectivity index (χ1v) is 7.96. The van der Waals surface area contributed by atoms with Crippen molar-refractivity contribution in [2.45, 2.75) is 19.8 Å². The van der Waals surface area contributed by atoms with Crippen LogP contribution < -0.4 is 18.9 Å². The minimum absolute atomic E-state index is 0.328. The van der Waals surface area contributed by atoms with E-state index in [-0.39, 0.29) is 0 Å². The van der Waals surface area contributed by atoms with Gasteiger partial charge in [0.2, 0.25) is 0 Å². The van der Waals surface area contributed by atoms with Crippen LogP contribution in [-0.4, -0.2) is 35.7 Å². The molecule has 0 fully saturated rings. The molecule has 0 amide bonds. The number of ether oxygens (including phenoxy) is 2. The molecule has 0 atom stereocenters. The smallest absolute Gasteiger partial charge is 0.276 e. The zero-order valence-electron chi connectivity index (χ0n) is 12.1. The van der Waals surface area contributed by atoms with E-state index in [4.69, 9.17) is 9.47 Å². The van der Waals surface area contributed by atoms with E-state index in [2.05, 4.69) is 9.44 Å². The molecule has 0 radical (unpaired) electrons. The van der Waals surface area contributed by atoms with Crippen LogP contribution in [0.25, 0.3) is 0 Å². The van der Waals surface area contributed by atoms with Crippen LogP contribution in [0.15, 0.2) is 18.2 Å². The van der Waals surface area contributed by atoms with Gasteiger partial charge in [0.05, 0.1) is 14.2 Å². The first kappa shape index (κ1) is 16.7. The maximum absolute atomic E-state index is 11.5. The number of nitrogens with one attached hydrogen (secondary N) is 2. The van der Waals surface area contributed by atoms with Gasteiger partial charge in [0.1, 0.15) is 0 Å². The monoisotopic (exact) mass is 302 g/mol. The number of rotatable bonds is 9.